The van der Waals surface area contributed by atoms with Gasteiger partial charge in [-0.15, -0.1) is 0 Å². The SMILES string of the molecule is Nc1ncc(CCCCCCc2cccc3ccccc23)c(N)n1. The second-order valence-electron chi connectivity index (χ2n) is 6.19. The van der Waals surface area contributed by atoms with Crippen molar-refractivity contribution in [1.82, 2.24) is 9.97 Å². The maximum atomic E-state index is 5.86. The summed E-state index contributed by atoms with van der Waals surface area (Å²) in [5, 5.41) is 2.71. The van der Waals surface area contributed by atoms with Gasteiger partial charge in [0.15, 0.2) is 0 Å². The monoisotopic (exact) mass is 320 g/mol. The van der Waals surface area contributed by atoms with Gasteiger partial charge in [-0.05, 0) is 42.0 Å². The number of aromatic nitrogens is 2. The Hall–Kier alpha value is -2.62. The minimum Gasteiger partial charge on any atom is -0.383 e. The first kappa shape index (κ1) is 16.2. The van der Waals surface area contributed by atoms with Crippen molar-refractivity contribution in [3.8, 4) is 0 Å². The van der Waals surface area contributed by atoms with E-state index in [0.717, 1.165) is 24.8 Å². The van der Waals surface area contributed by atoms with Gasteiger partial charge in [0.2, 0.25) is 5.95 Å². The number of unbranched alkanes of at least 4 members (excludes halogenated alkanes) is 3. The Labute approximate surface area is 142 Å². The summed E-state index contributed by atoms with van der Waals surface area (Å²) in [6.07, 6.45) is 8.52. The number of rotatable bonds is 7. The Bertz CT molecular complexity index is 808. The van der Waals surface area contributed by atoms with E-state index >= 15 is 0 Å². The molecule has 124 valence electrons. The molecule has 0 saturated heterocycles. The molecule has 0 atom stereocenters. The molecule has 1 heterocycles. The number of nitrogen functional groups attached to an aromatic ring is 2. The summed E-state index contributed by atoms with van der Waals surface area (Å²) in [4.78, 5) is 8.01. The van der Waals surface area contributed by atoms with Gasteiger partial charge in [-0.25, -0.2) is 4.98 Å². The molecule has 0 saturated carbocycles. The smallest absolute Gasteiger partial charge is 0.221 e. The van der Waals surface area contributed by atoms with Crippen LogP contribution in [0.4, 0.5) is 11.8 Å². The van der Waals surface area contributed by atoms with E-state index in [4.69, 9.17) is 11.5 Å². The van der Waals surface area contributed by atoms with Crippen LogP contribution in [0.15, 0.2) is 48.7 Å². The Kier molecular flexibility index (Phi) is 5.26. The molecule has 0 aliphatic heterocycles. The van der Waals surface area contributed by atoms with Gasteiger partial charge in [-0.3, -0.25) is 0 Å². The highest BCUT2D eigenvalue weighted by molar-refractivity contribution is 5.85. The lowest BCUT2D eigenvalue weighted by Crippen LogP contribution is -2.03. The minimum absolute atomic E-state index is 0.242. The van der Waals surface area contributed by atoms with Gasteiger partial charge < -0.3 is 11.5 Å². The van der Waals surface area contributed by atoms with E-state index in [1.807, 2.05) is 0 Å². The molecular weight excluding hydrogens is 296 g/mol. The van der Waals surface area contributed by atoms with Gasteiger partial charge in [0.1, 0.15) is 5.82 Å². The van der Waals surface area contributed by atoms with Gasteiger partial charge in [-0.2, -0.15) is 4.98 Å². The van der Waals surface area contributed by atoms with Crippen molar-refractivity contribution in [2.24, 2.45) is 0 Å². The fraction of sp³-hybridized carbons (Fsp3) is 0.300. The molecule has 0 aliphatic carbocycles. The zero-order valence-corrected chi connectivity index (χ0v) is 13.9. The molecule has 0 radical (unpaired) electrons. The number of benzene rings is 2. The number of hydrogen-bond donors (Lipinski definition) is 2. The molecular formula is C20H24N4. The van der Waals surface area contributed by atoms with Crippen LogP contribution < -0.4 is 11.5 Å². The third kappa shape index (κ3) is 4.02. The summed E-state index contributed by atoms with van der Waals surface area (Å²) < 4.78 is 0. The van der Waals surface area contributed by atoms with E-state index in [-0.39, 0.29) is 5.95 Å². The number of nitrogens with zero attached hydrogens (tertiary/aromatic N) is 2. The van der Waals surface area contributed by atoms with Crippen molar-refractivity contribution < 1.29 is 0 Å². The lowest BCUT2D eigenvalue weighted by atomic mass is 9.99. The Balaban J connectivity index is 1.44. The lowest BCUT2D eigenvalue weighted by Gasteiger charge is -2.07. The van der Waals surface area contributed by atoms with Crippen LogP contribution in [0.5, 0.6) is 0 Å². The maximum Gasteiger partial charge on any atom is 0.221 e. The van der Waals surface area contributed by atoms with Crippen LogP contribution in [-0.4, -0.2) is 9.97 Å². The highest BCUT2D eigenvalue weighted by atomic mass is 15.0. The molecule has 1 aromatic heterocycles. The van der Waals surface area contributed by atoms with Crippen LogP contribution >= 0.6 is 0 Å². The van der Waals surface area contributed by atoms with Crippen molar-refractivity contribution in [1.29, 1.82) is 0 Å². The fourth-order valence-electron chi connectivity index (χ4n) is 3.12. The summed E-state index contributed by atoms with van der Waals surface area (Å²) in [5.74, 6) is 0.754. The summed E-state index contributed by atoms with van der Waals surface area (Å²) in [6.45, 7) is 0. The van der Waals surface area contributed by atoms with E-state index in [9.17, 15) is 0 Å². The number of hydrogen-bond acceptors (Lipinski definition) is 4. The van der Waals surface area contributed by atoms with E-state index in [2.05, 4.69) is 52.4 Å². The average molecular weight is 320 g/mol. The average Bonchev–Trinajstić information content (AvgIpc) is 2.59. The van der Waals surface area contributed by atoms with Crippen LogP contribution in [0.2, 0.25) is 0 Å². The number of fused-ring (bicyclic) bond motifs is 1. The quantitative estimate of drug-likeness (QED) is 0.641. The first-order valence-corrected chi connectivity index (χ1v) is 8.57. The third-order valence-electron chi connectivity index (χ3n) is 4.44. The van der Waals surface area contributed by atoms with Gasteiger partial charge in [0.05, 0.1) is 0 Å². The largest absolute Gasteiger partial charge is 0.383 e. The van der Waals surface area contributed by atoms with Crippen LogP contribution in [0.3, 0.4) is 0 Å². The molecule has 4 nitrogen and oxygen atoms in total. The molecule has 0 bridgehead atoms. The minimum atomic E-state index is 0.242. The predicted octanol–water partition coefficient (Wildman–Crippen LogP) is 4.14. The zero-order valence-electron chi connectivity index (χ0n) is 13.9. The standard InChI is InChI=1S/C20H24N4/c21-19-17(14-23-20(22)24-19)10-4-2-1-3-8-15-11-7-12-16-9-5-6-13-18(15)16/h5-7,9,11-14H,1-4,8,10H2,(H4,21,22,23,24). The fourth-order valence-corrected chi connectivity index (χ4v) is 3.12. The van der Waals surface area contributed by atoms with Gasteiger partial charge >= 0.3 is 0 Å². The Morgan fingerprint density at radius 1 is 0.750 bits per heavy atom. The van der Waals surface area contributed by atoms with Crippen molar-refractivity contribution in [2.45, 2.75) is 38.5 Å². The summed E-state index contributed by atoms with van der Waals surface area (Å²) >= 11 is 0. The van der Waals surface area contributed by atoms with Gasteiger partial charge in [0, 0.05) is 11.8 Å². The van der Waals surface area contributed by atoms with E-state index in [1.165, 1.54) is 35.6 Å². The first-order chi connectivity index (χ1) is 11.7. The molecule has 0 spiro atoms. The highest BCUT2D eigenvalue weighted by Crippen LogP contribution is 2.21. The molecule has 3 rings (SSSR count). The van der Waals surface area contributed by atoms with Crippen LogP contribution in [0.1, 0.15) is 36.8 Å². The summed E-state index contributed by atoms with van der Waals surface area (Å²) in [5.41, 5.74) is 13.8. The number of nitrogens with two attached hydrogens (primary N) is 2. The van der Waals surface area contributed by atoms with Crippen LogP contribution in [0.25, 0.3) is 10.8 Å². The topological polar surface area (TPSA) is 77.8 Å². The second kappa shape index (κ2) is 7.77. The van der Waals surface area contributed by atoms with Crippen molar-refractivity contribution in [3.05, 3.63) is 59.8 Å². The molecule has 4 heteroatoms. The number of anilines is 2. The van der Waals surface area contributed by atoms with Crippen molar-refractivity contribution >= 4 is 22.5 Å². The van der Waals surface area contributed by atoms with Gasteiger partial charge in [0.25, 0.3) is 0 Å². The summed E-state index contributed by atoms with van der Waals surface area (Å²) in [6, 6.07) is 15.2. The predicted molar refractivity (Wildman–Crippen MR) is 101 cm³/mol. The van der Waals surface area contributed by atoms with Crippen molar-refractivity contribution in [2.75, 3.05) is 11.5 Å². The molecule has 2 aromatic carbocycles. The molecule has 0 aliphatic rings. The lowest BCUT2D eigenvalue weighted by molar-refractivity contribution is 0.641. The molecule has 4 N–H and O–H groups in total. The molecule has 0 fully saturated rings. The van der Waals surface area contributed by atoms with E-state index in [0.29, 0.717) is 5.82 Å². The van der Waals surface area contributed by atoms with E-state index < -0.39 is 0 Å². The highest BCUT2D eigenvalue weighted by Gasteiger charge is 2.03. The second-order valence-corrected chi connectivity index (χ2v) is 6.19. The summed E-state index contributed by atoms with van der Waals surface area (Å²) in [7, 11) is 0. The Morgan fingerprint density at radius 2 is 1.46 bits per heavy atom. The third-order valence-corrected chi connectivity index (χ3v) is 4.44. The Morgan fingerprint density at radius 3 is 2.25 bits per heavy atom. The van der Waals surface area contributed by atoms with E-state index in [1.54, 1.807) is 6.20 Å². The molecule has 0 unspecified atom stereocenters. The number of aryl methyl sites for hydroxylation is 2. The first-order valence-electron chi connectivity index (χ1n) is 8.57. The maximum absolute atomic E-state index is 5.86. The van der Waals surface area contributed by atoms with Gasteiger partial charge in [-0.1, -0.05) is 55.3 Å². The zero-order chi connectivity index (χ0) is 16.8. The van der Waals surface area contributed by atoms with Crippen LogP contribution in [-0.2, 0) is 12.8 Å². The normalized spacial score (nSPS) is 11.0. The molecule has 3 aromatic rings. The van der Waals surface area contributed by atoms with Crippen molar-refractivity contribution in [3.63, 3.8) is 0 Å². The van der Waals surface area contributed by atoms with Crippen LogP contribution in [0, 0.1) is 0 Å². The molecule has 0 amide bonds. The molecule has 24 heavy (non-hydrogen) atoms.